The predicted octanol–water partition coefficient (Wildman–Crippen LogP) is 6.29. The van der Waals surface area contributed by atoms with Crippen LogP contribution in [-0.2, 0) is 11.8 Å². The average molecular weight is 352 g/mol. The molecule has 1 aliphatic carbocycles. The van der Waals surface area contributed by atoms with E-state index >= 15 is 0 Å². The smallest absolute Gasteiger partial charge is 0.0802 e. The second-order valence-electron chi connectivity index (χ2n) is 8.69. The van der Waals surface area contributed by atoms with Crippen molar-refractivity contribution in [3.63, 3.8) is 0 Å². The lowest BCUT2D eigenvalue weighted by Gasteiger charge is -2.34. The lowest BCUT2D eigenvalue weighted by Crippen LogP contribution is -2.26. The Bertz CT molecular complexity index is 1200. The molecule has 1 aliphatic rings. The summed E-state index contributed by atoms with van der Waals surface area (Å²) in [5.74, 6) is 0.589. The minimum absolute atomic E-state index is 0.152. The molecule has 0 radical (unpaired) electrons. The highest BCUT2D eigenvalue weighted by Gasteiger charge is 2.36. The van der Waals surface area contributed by atoms with E-state index in [2.05, 4.69) is 76.2 Å². The Hall–Kier alpha value is -2.74. The van der Waals surface area contributed by atoms with Gasteiger partial charge in [0.05, 0.1) is 11.4 Å². The van der Waals surface area contributed by atoms with Gasteiger partial charge in [0.1, 0.15) is 0 Å². The van der Waals surface area contributed by atoms with Gasteiger partial charge in [-0.05, 0) is 58.3 Å². The highest BCUT2D eigenvalue weighted by Crippen LogP contribution is 2.48. The second-order valence-corrected chi connectivity index (χ2v) is 8.69. The van der Waals surface area contributed by atoms with E-state index in [0.29, 0.717) is 5.92 Å². The van der Waals surface area contributed by atoms with E-state index in [1.807, 2.05) is 6.20 Å². The molecule has 2 heteroatoms. The number of pyridine rings is 2. The molecular weight excluding hydrogens is 328 g/mol. The van der Waals surface area contributed by atoms with Crippen LogP contribution in [0.5, 0.6) is 0 Å². The van der Waals surface area contributed by atoms with Gasteiger partial charge in [-0.1, -0.05) is 52.0 Å². The Balaban J connectivity index is 1.90. The summed E-state index contributed by atoms with van der Waals surface area (Å²) in [6.45, 7) is 9.11. The number of aromatic nitrogens is 2. The molecule has 0 bridgehead atoms. The van der Waals surface area contributed by atoms with Crippen molar-refractivity contribution >= 4 is 21.5 Å². The van der Waals surface area contributed by atoms with Crippen LogP contribution in [0.3, 0.4) is 0 Å². The van der Waals surface area contributed by atoms with Gasteiger partial charge in [0.2, 0.25) is 0 Å². The molecule has 2 heterocycles. The average Bonchev–Trinajstić information content (AvgIpc) is 2.64. The molecular formula is C25H24N2. The predicted molar refractivity (Wildman–Crippen MR) is 113 cm³/mol. The number of hydrogen-bond donors (Lipinski definition) is 0. The van der Waals surface area contributed by atoms with Crippen LogP contribution in [0.25, 0.3) is 32.8 Å². The summed E-state index contributed by atoms with van der Waals surface area (Å²) < 4.78 is 0. The van der Waals surface area contributed by atoms with Crippen molar-refractivity contribution < 1.29 is 0 Å². The van der Waals surface area contributed by atoms with Crippen LogP contribution in [0, 0.1) is 5.92 Å². The molecule has 0 aliphatic heterocycles. The SMILES string of the molecule is CC(C)Cc1cc2ccnc3c2c(n1)C(C)(C)c1cc2ccccc2cc1-3. The summed E-state index contributed by atoms with van der Waals surface area (Å²) in [6.07, 6.45) is 2.94. The van der Waals surface area contributed by atoms with Gasteiger partial charge >= 0.3 is 0 Å². The van der Waals surface area contributed by atoms with Crippen LogP contribution < -0.4 is 0 Å². The summed E-state index contributed by atoms with van der Waals surface area (Å²) in [5, 5.41) is 5.02. The number of fused-ring (bicyclic) bond motifs is 3. The van der Waals surface area contributed by atoms with Crippen molar-refractivity contribution in [1.82, 2.24) is 9.97 Å². The molecule has 0 saturated carbocycles. The number of benzene rings is 2. The van der Waals surface area contributed by atoms with Gasteiger partial charge in [-0.3, -0.25) is 9.97 Å². The maximum Gasteiger partial charge on any atom is 0.0802 e. The van der Waals surface area contributed by atoms with E-state index in [4.69, 9.17) is 9.97 Å². The molecule has 2 aromatic carbocycles. The van der Waals surface area contributed by atoms with Crippen LogP contribution in [0.1, 0.15) is 44.6 Å². The summed E-state index contributed by atoms with van der Waals surface area (Å²) in [4.78, 5) is 9.97. The molecule has 0 N–H and O–H groups in total. The van der Waals surface area contributed by atoms with Gasteiger partial charge in [0, 0.05) is 28.3 Å². The summed E-state index contributed by atoms with van der Waals surface area (Å²) in [7, 11) is 0. The molecule has 0 saturated heterocycles. The van der Waals surface area contributed by atoms with E-state index in [-0.39, 0.29) is 5.41 Å². The Morgan fingerprint density at radius 1 is 0.926 bits per heavy atom. The van der Waals surface area contributed by atoms with Crippen molar-refractivity contribution in [2.24, 2.45) is 5.92 Å². The topological polar surface area (TPSA) is 25.8 Å². The van der Waals surface area contributed by atoms with Crippen LogP contribution in [0.15, 0.2) is 54.7 Å². The fraction of sp³-hybridized carbons (Fsp3) is 0.280. The molecule has 0 fully saturated rings. The van der Waals surface area contributed by atoms with E-state index in [0.717, 1.165) is 12.1 Å². The molecule has 0 amide bonds. The van der Waals surface area contributed by atoms with Gasteiger partial charge in [-0.25, -0.2) is 0 Å². The zero-order valence-corrected chi connectivity index (χ0v) is 16.4. The zero-order chi connectivity index (χ0) is 18.8. The first kappa shape index (κ1) is 16.4. The quantitative estimate of drug-likeness (QED) is 0.424. The van der Waals surface area contributed by atoms with Crippen molar-refractivity contribution in [3.05, 3.63) is 71.7 Å². The minimum atomic E-state index is -0.152. The molecule has 27 heavy (non-hydrogen) atoms. The Kier molecular flexibility index (Phi) is 3.42. The van der Waals surface area contributed by atoms with Crippen LogP contribution in [0.2, 0.25) is 0 Å². The maximum atomic E-state index is 5.16. The zero-order valence-electron chi connectivity index (χ0n) is 16.4. The molecule has 0 atom stereocenters. The third kappa shape index (κ3) is 2.39. The van der Waals surface area contributed by atoms with Gasteiger partial charge < -0.3 is 0 Å². The highest BCUT2D eigenvalue weighted by molar-refractivity contribution is 6.03. The van der Waals surface area contributed by atoms with Crippen molar-refractivity contribution in [2.45, 2.75) is 39.5 Å². The Morgan fingerprint density at radius 2 is 1.67 bits per heavy atom. The molecule has 2 nitrogen and oxygen atoms in total. The summed E-state index contributed by atoms with van der Waals surface area (Å²) >= 11 is 0. The Labute approximate surface area is 160 Å². The first-order chi connectivity index (χ1) is 12.9. The molecule has 2 aromatic heterocycles. The first-order valence-electron chi connectivity index (χ1n) is 9.78. The van der Waals surface area contributed by atoms with E-state index < -0.39 is 0 Å². The van der Waals surface area contributed by atoms with Crippen LogP contribution >= 0.6 is 0 Å². The lowest BCUT2D eigenvalue weighted by molar-refractivity contribution is 0.598. The second kappa shape index (κ2) is 5.63. The standard InChI is InChI=1S/C25H24N2/c1-15(2)11-19-12-18-9-10-26-23-20-13-16-7-5-6-8-17(16)14-21(20)25(3,4)24(27-19)22(18)23/h5-10,12-15H,11H2,1-4H3. The molecule has 0 spiro atoms. The molecule has 4 aromatic rings. The first-order valence-corrected chi connectivity index (χ1v) is 9.78. The van der Waals surface area contributed by atoms with E-state index in [9.17, 15) is 0 Å². The van der Waals surface area contributed by atoms with Gasteiger partial charge in [-0.2, -0.15) is 0 Å². The number of nitrogens with zero attached hydrogens (tertiary/aromatic N) is 2. The van der Waals surface area contributed by atoms with E-state index in [1.165, 1.54) is 44.1 Å². The van der Waals surface area contributed by atoms with Gasteiger partial charge in [0.25, 0.3) is 0 Å². The number of hydrogen-bond acceptors (Lipinski definition) is 2. The largest absolute Gasteiger partial charge is 0.256 e. The van der Waals surface area contributed by atoms with Crippen LogP contribution in [0.4, 0.5) is 0 Å². The van der Waals surface area contributed by atoms with Crippen molar-refractivity contribution in [3.8, 4) is 11.3 Å². The monoisotopic (exact) mass is 352 g/mol. The molecule has 0 unspecified atom stereocenters. The highest BCUT2D eigenvalue weighted by atomic mass is 14.8. The third-order valence-corrected chi connectivity index (χ3v) is 5.82. The minimum Gasteiger partial charge on any atom is -0.256 e. The Morgan fingerprint density at radius 3 is 2.41 bits per heavy atom. The molecule has 134 valence electrons. The molecule has 5 rings (SSSR count). The van der Waals surface area contributed by atoms with Crippen LogP contribution in [-0.4, -0.2) is 9.97 Å². The van der Waals surface area contributed by atoms with Crippen molar-refractivity contribution in [2.75, 3.05) is 0 Å². The van der Waals surface area contributed by atoms with Crippen molar-refractivity contribution in [1.29, 1.82) is 0 Å². The lowest BCUT2D eigenvalue weighted by atomic mass is 9.71. The number of rotatable bonds is 2. The summed E-state index contributed by atoms with van der Waals surface area (Å²) in [5.41, 5.74) is 5.84. The van der Waals surface area contributed by atoms with E-state index in [1.54, 1.807) is 0 Å². The normalized spacial score (nSPS) is 14.7. The van der Waals surface area contributed by atoms with Gasteiger partial charge in [-0.15, -0.1) is 0 Å². The van der Waals surface area contributed by atoms with Gasteiger partial charge in [0.15, 0.2) is 0 Å². The maximum absolute atomic E-state index is 5.16. The fourth-order valence-electron chi connectivity index (χ4n) is 4.52. The summed E-state index contributed by atoms with van der Waals surface area (Å²) in [6, 6.07) is 17.6. The fourth-order valence-corrected chi connectivity index (χ4v) is 4.52. The third-order valence-electron chi connectivity index (χ3n) is 5.82.